The summed E-state index contributed by atoms with van der Waals surface area (Å²) < 4.78 is 12.7. The maximum atomic E-state index is 12.7. The third kappa shape index (κ3) is 2.68. The summed E-state index contributed by atoms with van der Waals surface area (Å²) in [5.41, 5.74) is 0.478. The summed E-state index contributed by atoms with van der Waals surface area (Å²) in [5, 5.41) is 17.3. The molecule has 0 heterocycles. The lowest BCUT2D eigenvalue weighted by atomic mass is 10.1. The molecule has 0 bridgehead atoms. The van der Waals surface area contributed by atoms with Crippen molar-refractivity contribution in [2.75, 3.05) is 0 Å². The summed E-state index contributed by atoms with van der Waals surface area (Å²) in [6, 6.07) is 3.81. The zero-order chi connectivity index (χ0) is 10.7. The normalized spacial score (nSPS) is 12.5. The highest BCUT2D eigenvalue weighted by Crippen LogP contribution is 2.16. The third-order valence-electron chi connectivity index (χ3n) is 1.70. The third-order valence-corrected chi connectivity index (χ3v) is 1.99. The van der Waals surface area contributed by atoms with Crippen LogP contribution in [0.3, 0.4) is 0 Å². The number of carboxylic acid groups (broad SMARTS) is 1. The van der Waals surface area contributed by atoms with Crippen LogP contribution < -0.4 is 0 Å². The number of aliphatic hydroxyl groups is 1. The maximum Gasteiger partial charge on any atom is 0.332 e. The van der Waals surface area contributed by atoms with E-state index in [9.17, 15) is 9.18 Å². The molecule has 3 nitrogen and oxygen atoms in total. The van der Waals surface area contributed by atoms with Crippen LogP contribution in [0.4, 0.5) is 4.39 Å². The zero-order valence-electron chi connectivity index (χ0n) is 7.08. The molecule has 0 fully saturated rings. The molecule has 0 saturated heterocycles. The van der Waals surface area contributed by atoms with Crippen LogP contribution >= 0.6 is 11.6 Å². The summed E-state index contributed by atoms with van der Waals surface area (Å²) >= 11 is 5.47. The van der Waals surface area contributed by atoms with Crippen LogP contribution in [0.2, 0.25) is 5.02 Å². The average Bonchev–Trinajstić information content (AvgIpc) is 2.11. The van der Waals surface area contributed by atoms with Gasteiger partial charge in [0.05, 0.1) is 5.02 Å². The first kappa shape index (κ1) is 10.9. The predicted molar refractivity (Wildman–Crippen MR) is 48.8 cm³/mol. The van der Waals surface area contributed by atoms with Crippen molar-refractivity contribution in [2.45, 2.75) is 12.5 Å². The van der Waals surface area contributed by atoms with Gasteiger partial charge in [-0.2, -0.15) is 0 Å². The smallest absolute Gasteiger partial charge is 0.332 e. The van der Waals surface area contributed by atoms with Crippen molar-refractivity contribution in [3.63, 3.8) is 0 Å². The first-order valence-electron chi connectivity index (χ1n) is 3.85. The lowest BCUT2D eigenvalue weighted by molar-refractivity contribution is -0.146. The topological polar surface area (TPSA) is 57.5 Å². The Bertz CT molecular complexity index is 354. The Morgan fingerprint density at radius 3 is 2.71 bits per heavy atom. The number of hydrogen-bond donors (Lipinski definition) is 2. The Balaban J connectivity index is 2.78. The van der Waals surface area contributed by atoms with Crippen molar-refractivity contribution in [2.24, 2.45) is 0 Å². The largest absolute Gasteiger partial charge is 0.479 e. The molecule has 0 aliphatic rings. The van der Waals surface area contributed by atoms with E-state index in [1.165, 1.54) is 12.1 Å². The summed E-state index contributed by atoms with van der Waals surface area (Å²) in [7, 11) is 0. The molecule has 1 aromatic rings. The first-order chi connectivity index (χ1) is 6.50. The number of carbonyl (C=O) groups is 1. The van der Waals surface area contributed by atoms with E-state index >= 15 is 0 Å². The first-order valence-corrected chi connectivity index (χ1v) is 4.23. The van der Waals surface area contributed by atoms with Gasteiger partial charge in [-0.1, -0.05) is 17.7 Å². The van der Waals surface area contributed by atoms with Crippen LogP contribution in [-0.2, 0) is 11.2 Å². The van der Waals surface area contributed by atoms with E-state index < -0.39 is 17.9 Å². The van der Waals surface area contributed by atoms with Crippen LogP contribution in [0, 0.1) is 5.82 Å². The number of halogens is 2. The number of rotatable bonds is 3. The van der Waals surface area contributed by atoms with Crippen LogP contribution in [0.5, 0.6) is 0 Å². The monoisotopic (exact) mass is 218 g/mol. The van der Waals surface area contributed by atoms with Crippen molar-refractivity contribution >= 4 is 17.6 Å². The van der Waals surface area contributed by atoms with Crippen molar-refractivity contribution in [1.29, 1.82) is 0 Å². The molecular weight excluding hydrogens is 211 g/mol. The van der Waals surface area contributed by atoms with Gasteiger partial charge in [-0.05, 0) is 17.7 Å². The second-order valence-corrected chi connectivity index (χ2v) is 3.21. The molecule has 0 amide bonds. The molecule has 2 N–H and O–H groups in total. The summed E-state index contributed by atoms with van der Waals surface area (Å²) in [6.45, 7) is 0. The molecule has 0 spiro atoms. The van der Waals surface area contributed by atoms with Gasteiger partial charge in [0.1, 0.15) is 5.82 Å². The van der Waals surface area contributed by atoms with Gasteiger partial charge in [-0.15, -0.1) is 0 Å². The minimum absolute atomic E-state index is 0.0833. The van der Waals surface area contributed by atoms with Crippen LogP contribution in [0.1, 0.15) is 5.56 Å². The lowest BCUT2D eigenvalue weighted by Crippen LogP contribution is -2.21. The Kier molecular flexibility index (Phi) is 3.43. The van der Waals surface area contributed by atoms with Gasteiger partial charge in [0.15, 0.2) is 6.10 Å². The molecular formula is C9H8ClFO3. The van der Waals surface area contributed by atoms with Crippen molar-refractivity contribution in [1.82, 2.24) is 0 Å². The number of hydrogen-bond acceptors (Lipinski definition) is 2. The highest BCUT2D eigenvalue weighted by atomic mass is 35.5. The number of aliphatic carboxylic acids is 1. The molecule has 1 atom stereocenters. The van der Waals surface area contributed by atoms with Crippen LogP contribution in [0.15, 0.2) is 18.2 Å². The highest BCUT2D eigenvalue weighted by Gasteiger charge is 2.14. The van der Waals surface area contributed by atoms with Gasteiger partial charge in [0.2, 0.25) is 0 Å². The number of aliphatic hydroxyl groups excluding tert-OH is 1. The minimum atomic E-state index is -1.49. The molecule has 0 saturated carbocycles. The molecule has 1 unspecified atom stereocenters. The number of benzene rings is 1. The average molecular weight is 219 g/mol. The van der Waals surface area contributed by atoms with Crippen LogP contribution in [-0.4, -0.2) is 22.3 Å². The quantitative estimate of drug-likeness (QED) is 0.808. The SMILES string of the molecule is O=C(O)C(O)Cc1ccc(F)c(Cl)c1. The minimum Gasteiger partial charge on any atom is -0.479 e. The fourth-order valence-corrected chi connectivity index (χ4v) is 1.18. The summed E-state index contributed by atoms with van der Waals surface area (Å²) in [5.74, 6) is -1.88. The molecule has 5 heteroatoms. The molecule has 0 aliphatic heterocycles. The second kappa shape index (κ2) is 4.39. The van der Waals surface area contributed by atoms with Gasteiger partial charge in [-0.25, -0.2) is 9.18 Å². The van der Waals surface area contributed by atoms with E-state index in [4.69, 9.17) is 21.8 Å². The molecule has 76 valence electrons. The summed E-state index contributed by atoms with van der Waals surface area (Å²) in [4.78, 5) is 10.3. The van der Waals surface area contributed by atoms with Gasteiger partial charge in [0, 0.05) is 6.42 Å². The Morgan fingerprint density at radius 1 is 1.57 bits per heavy atom. The van der Waals surface area contributed by atoms with Crippen molar-refractivity contribution in [3.8, 4) is 0 Å². The van der Waals surface area contributed by atoms with E-state index in [0.717, 1.165) is 6.07 Å². The van der Waals surface area contributed by atoms with E-state index in [1.54, 1.807) is 0 Å². The van der Waals surface area contributed by atoms with E-state index in [2.05, 4.69) is 0 Å². The molecule has 14 heavy (non-hydrogen) atoms. The molecule has 1 aromatic carbocycles. The van der Waals surface area contributed by atoms with Gasteiger partial charge in [0.25, 0.3) is 0 Å². The molecule has 0 aromatic heterocycles. The van der Waals surface area contributed by atoms with Crippen molar-refractivity contribution < 1.29 is 19.4 Å². The maximum absolute atomic E-state index is 12.7. The Morgan fingerprint density at radius 2 is 2.21 bits per heavy atom. The fraction of sp³-hybridized carbons (Fsp3) is 0.222. The lowest BCUT2D eigenvalue weighted by Gasteiger charge is -2.05. The standard InChI is InChI=1S/C9H8ClFO3/c10-6-3-5(1-2-7(6)11)4-8(12)9(13)14/h1-3,8,12H,4H2,(H,13,14). The molecule has 0 radical (unpaired) electrons. The molecule has 1 rings (SSSR count). The molecule has 0 aliphatic carbocycles. The summed E-state index contributed by atoms with van der Waals surface area (Å²) in [6.07, 6.45) is -1.58. The van der Waals surface area contributed by atoms with Gasteiger partial charge in [-0.3, -0.25) is 0 Å². The Hall–Kier alpha value is -1.13. The van der Waals surface area contributed by atoms with E-state index in [-0.39, 0.29) is 11.4 Å². The van der Waals surface area contributed by atoms with Crippen LogP contribution in [0.25, 0.3) is 0 Å². The fourth-order valence-electron chi connectivity index (χ4n) is 0.977. The Labute approximate surface area is 84.7 Å². The van der Waals surface area contributed by atoms with E-state index in [1.807, 2.05) is 0 Å². The van der Waals surface area contributed by atoms with Gasteiger partial charge < -0.3 is 10.2 Å². The van der Waals surface area contributed by atoms with Crippen molar-refractivity contribution in [3.05, 3.63) is 34.6 Å². The highest BCUT2D eigenvalue weighted by molar-refractivity contribution is 6.30. The second-order valence-electron chi connectivity index (χ2n) is 2.81. The predicted octanol–water partition coefficient (Wildman–Crippen LogP) is 1.47. The van der Waals surface area contributed by atoms with Gasteiger partial charge >= 0.3 is 5.97 Å². The zero-order valence-corrected chi connectivity index (χ0v) is 7.83. The number of carboxylic acids is 1. The van der Waals surface area contributed by atoms with E-state index in [0.29, 0.717) is 5.56 Å².